The predicted octanol–water partition coefficient (Wildman–Crippen LogP) is -0.262. The van der Waals surface area contributed by atoms with Crippen molar-refractivity contribution in [2.45, 2.75) is 0 Å². The maximum absolute atomic E-state index is 12.2. The second kappa shape index (κ2) is 2.45. The Morgan fingerprint density at radius 3 is 3.11 bits per heavy atom. The zero-order valence-electron chi connectivity index (χ0n) is 4.93. The molecule has 0 aromatic carbocycles. The Morgan fingerprint density at radius 1 is 1.89 bits per heavy atom. The van der Waals surface area contributed by atoms with Gasteiger partial charge in [0.15, 0.2) is 0 Å². The fourth-order valence-electron chi connectivity index (χ4n) is 0.446. The smallest absolute Gasteiger partial charge is 0.209 e. The van der Waals surface area contributed by atoms with Gasteiger partial charge in [-0.25, -0.2) is 10.9 Å². The minimum atomic E-state index is -0.431. The van der Waals surface area contributed by atoms with Gasteiger partial charge < -0.3 is 0 Å². The largest absolute Gasteiger partial charge is 0.242 e. The molecule has 0 aromatic heterocycles. The Kier molecular flexibility index (Phi) is 1.64. The highest BCUT2D eigenvalue weighted by Gasteiger charge is 2.01. The van der Waals surface area contributed by atoms with Crippen LogP contribution in [0.5, 0.6) is 0 Å². The first kappa shape index (κ1) is 6.03. The molecule has 4 nitrogen and oxygen atoms in total. The molecule has 1 rings (SSSR count). The SMILES string of the molecule is CNN1N=CC=C(F)N1. The van der Waals surface area contributed by atoms with E-state index in [1.807, 2.05) is 0 Å². The second-order valence-corrected chi connectivity index (χ2v) is 1.43. The van der Waals surface area contributed by atoms with Gasteiger partial charge in [0.05, 0.1) is 6.21 Å². The number of halogens is 1. The van der Waals surface area contributed by atoms with Crippen molar-refractivity contribution in [1.29, 1.82) is 0 Å². The molecule has 0 saturated carbocycles. The summed E-state index contributed by atoms with van der Waals surface area (Å²) in [6, 6.07) is 0. The van der Waals surface area contributed by atoms with E-state index in [1.165, 1.54) is 12.3 Å². The molecule has 0 bridgehead atoms. The topological polar surface area (TPSA) is 39.7 Å². The van der Waals surface area contributed by atoms with Gasteiger partial charge >= 0.3 is 0 Å². The third-order valence-corrected chi connectivity index (χ3v) is 0.828. The van der Waals surface area contributed by atoms with Crippen LogP contribution >= 0.6 is 0 Å². The highest BCUT2D eigenvalue weighted by Crippen LogP contribution is 1.94. The fraction of sp³-hybridized carbons (Fsp3) is 0.250. The van der Waals surface area contributed by atoms with Crippen molar-refractivity contribution in [3.05, 3.63) is 12.0 Å². The molecule has 0 aliphatic carbocycles. The van der Waals surface area contributed by atoms with Gasteiger partial charge in [0, 0.05) is 13.1 Å². The number of hydrogen-bond acceptors (Lipinski definition) is 4. The van der Waals surface area contributed by atoms with Crippen LogP contribution in [0.3, 0.4) is 0 Å². The summed E-state index contributed by atoms with van der Waals surface area (Å²) in [5.41, 5.74) is 4.86. The number of hydrazone groups is 1. The summed E-state index contributed by atoms with van der Waals surface area (Å²) in [4.78, 5) is 0. The zero-order chi connectivity index (χ0) is 6.69. The van der Waals surface area contributed by atoms with Crippen LogP contribution in [-0.4, -0.2) is 18.5 Å². The first-order chi connectivity index (χ1) is 4.33. The van der Waals surface area contributed by atoms with Crippen molar-refractivity contribution in [1.82, 2.24) is 16.1 Å². The lowest BCUT2D eigenvalue weighted by Gasteiger charge is -2.18. The molecule has 0 saturated heterocycles. The molecule has 50 valence electrons. The molecule has 0 fully saturated rings. The summed E-state index contributed by atoms with van der Waals surface area (Å²) in [5.74, 6) is -0.431. The van der Waals surface area contributed by atoms with Gasteiger partial charge in [-0.3, -0.25) is 0 Å². The molecule has 0 amide bonds. The molecule has 1 aliphatic rings. The number of nitrogens with zero attached hydrogens (tertiary/aromatic N) is 2. The molecule has 9 heavy (non-hydrogen) atoms. The highest BCUT2D eigenvalue weighted by atomic mass is 19.1. The van der Waals surface area contributed by atoms with E-state index >= 15 is 0 Å². The molecular formula is C4H7FN4. The van der Waals surface area contributed by atoms with E-state index < -0.39 is 5.95 Å². The van der Waals surface area contributed by atoms with Gasteiger partial charge in [-0.05, 0) is 0 Å². The van der Waals surface area contributed by atoms with Gasteiger partial charge in [-0.1, -0.05) is 0 Å². The fourth-order valence-corrected chi connectivity index (χ4v) is 0.446. The Morgan fingerprint density at radius 2 is 2.67 bits per heavy atom. The highest BCUT2D eigenvalue weighted by molar-refractivity contribution is 5.71. The van der Waals surface area contributed by atoms with Crippen molar-refractivity contribution in [2.75, 3.05) is 7.05 Å². The molecule has 1 heterocycles. The third-order valence-electron chi connectivity index (χ3n) is 0.828. The van der Waals surface area contributed by atoms with Crippen LogP contribution in [0, 0.1) is 0 Å². The van der Waals surface area contributed by atoms with Crippen molar-refractivity contribution in [3.63, 3.8) is 0 Å². The molecular weight excluding hydrogens is 123 g/mol. The van der Waals surface area contributed by atoms with Crippen molar-refractivity contribution >= 4 is 6.21 Å². The van der Waals surface area contributed by atoms with E-state index in [0.717, 1.165) is 5.23 Å². The Hall–Kier alpha value is -1.10. The molecule has 5 heteroatoms. The number of hydrazine groups is 2. The molecule has 0 radical (unpaired) electrons. The van der Waals surface area contributed by atoms with Crippen LogP contribution in [-0.2, 0) is 0 Å². The van der Waals surface area contributed by atoms with Gasteiger partial charge in [0.25, 0.3) is 0 Å². The summed E-state index contributed by atoms with van der Waals surface area (Å²) >= 11 is 0. The lowest BCUT2D eigenvalue weighted by atomic mass is 10.6. The summed E-state index contributed by atoms with van der Waals surface area (Å²) in [5, 5.41) is 4.83. The predicted molar refractivity (Wildman–Crippen MR) is 31.7 cm³/mol. The van der Waals surface area contributed by atoms with Crippen molar-refractivity contribution in [3.8, 4) is 0 Å². The van der Waals surface area contributed by atoms with Crippen LogP contribution in [0.15, 0.2) is 17.1 Å². The quantitative estimate of drug-likeness (QED) is 0.480. The molecule has 0 unspecified atom stereocenters. The summed E-state index contributed by atoms with van der Waals surface area (Å²) in [6.45, 7) is 0. The molecule has 0 aromatic rings. The monoisotopic (exact) mass is 130 g/mol. The van der Waals surface area contributed by atoms with Gasteiger partial charge in [0.1, 0.15) is 0 Å². The van der Waals surface area contributed by atoms with Gasteiger partial charge in [-0.15, -0.1) is 10.3 Å². The number of hydrogen-bond donors (Lipinski definition) is 2. The van der Waals surface area contributed by atoms with E-state index in [2.05, 4.69) is 16.0 Å². The first-order valence-corrected chi connectivity index (χ1v) is 2.47. The van der Waals surface area contributed by atoms with Gasteiger partial charge in [0.2, 0.25) is 5.95 Å². The second-order valence-electron chi connectivity index (χ2n) is 1.43. The number of rotatable bonds is 1. The average molecular weight is 130 g/mol. The lowest BCUT2D eigenvalue weighted by Crippen LogP contribution is -2.42. The first-order valence-electron chi connectivity index (χ1n) is 2.47. The molecule has 0 atom stereocenters. The van der Waals surface area contributed by atoms with Crippen LogP contribution in [0.25, 0.3) is 0 Å². The van der Waals surface area contributed by atoms with E-state index in [-0.39, 0.29) is 0 Å². The minimum Gasteiger partial charge on any atom is -0.242 e. The van der Waals surface area contributed by atoms with E-state index in [0.29, 0.717) is 0 Å². The Bertz CT molecular complexity index is 153. The Labute approximate surface area is 52.0 Å². The van der Waals surface area contributed by atoms with E-state index in [9.17, 15) is 4.39 Å². The van der Waals surface area contributed by atoms with Crippen molar-refractivity contribution < 1.29 is 4.39 Å². The summed E-state index contributed by atoms with van der Waals surface area (Å²) < 4.78 is 12.2. The van der Waals surface area contributed by atoms with E-state index in [4.69, 9.17) is 0 Å². The normalized spacial score (nSPS) is 17.1. The number of allylic oxidation sites excluding steroid dienone is 1. The lowest BCUT2D eigenvalue weighted by molar-refractivity contribution is 0.137. The molecule has 2 N–H and O–H groups in total. The Balaban J connectivity index is 2.51. The molecule has 0 spiro atoms. The standard InChI is InChI=1S/C4H7FN4/c1-6-9-7-3-2-4(5)8-9/h2-3,6,8H,1H3. The number of nitrogens with one attached hydrogen (secondary N) is 2. The minimum absolute atomic E-state index is 0.431. The third kappa shape index (κ3) is 1.39. The van der Waals surface area contributed by atoms with Crippen molar-refractivity contribution in [2.24, 2.45) is 5.10 Å². The maximum atomic E-state index is 12.2. The summed E-state index contributed by atoms with van der Waals surface area (Å²) in [7, 11) is 1.63. The maximum Gasteiger partial charge on any atom is 0.209 e. The van der Waals surface area contributed by atoms with Crippen LogP contribution < -0.4 is 10.9 Å². The zero-order valence-corrected chi connectivity index (χ0v) is 4.93. The van der Waals surface area contributed by atoms with Crippen LogP contribution in [0.4, 0.5) is 4.39 Å². The summed E-state index contributed by atoms with van der Waals surface area (Å²) in [6.07, 6.45) is 2.58. The van der Waals surface area contributed by atoms with Gasteiger partial charge in [-0.2, -0.15) is 4.39 Å². The molecule has 1 aliphatic heterocycles. The average Bonchev–Trinajstić information content (AvgIpc) is 1.88. The van der Waals surface area contributed by atoms with E-state index in [1.54, 1.807) is 7.05 Å². The van der Waals surface area contributed by atoms with Crippen LogP contribution in [0.2, 0.25) is 0 Å². The van der Waals surface area contributed by atoms with Crippen LogP contribution in [0.1, 0.15) is 0 Å².